The summed E-state index contributed by atoms with van der Waals surface area (Å²) in [7, 11) is 3.04. The van der Waals surface area contributed by atoms with Gasteiger partial charge in [-0.25, -0.2) is 0 Å². The number of esters is 1. The Kier molecular flexibility index (Phi) is 3.57. The average Bonchev–Trinajstić information content (AvgIpc) is 2.33. The third-order valence-corrected chi connectivity index (χ3v) is 3.39. The van der Waals surface area contributed by atoms with Gasteiger partial charge in [-0.3, -0.25) is 4.79 Å². The first-order valence-corrected chi connectivity index (χ1v) is 5.91. The molecule has 2 rings (SSSR count). The van der Waals surface area contributed by atoms with E-state index in [4.69, 9.17) is 14.2 Å². The van der Waals surface area contributed by atoms with Gasteiger partial charge in [0, 0.05) is 5.56 Å². The first-order valence-electron chi connectivity index (χ1n) is 5.91. The lowest BCUT2D eigenvalue weighted by molar-refractivity contribution is -0.148. The van der Waals surface area contributed by atoms with Crippen LogP contribution in [0.1, 0.15) is 17.5 Å². The van der Waals surface area contributed by atoms with Crippen LogP contribution in [-0.4, -0.2) is 33.4 Å². The molecule has 1 fully saturated rings. The van der Waals surface area contributed by atoms with E-state index in [9.17, 15) is 4.79 Å². The van der Waals surface area contributed by atoms with Crippen LogP contribution < -0.4 is 4.74 Å². The number of benzene rings is 1. The first-order chi connectivity index (χ1) is 8.61. The molecule has 1 aromatic rings. The lowest BCUT2D eigenvalue weighted by Gasteiger charge is -2.41. The van der Waals surface area contributed by atoms with E-state index in [0.29, 0.717) is 19.6 Å². The van der Waals surface area contributed by atoms with E-state index in [-0.39, 0.29) is 11.4 Å². The first kappa shape index (κ1) is 12.9. The second-order valence-electron chi connectivity index (χ2n) is 4.73. The maximum Gasteiger partial charge on any atom is 0.306 e. The Morgan fingerprint density at radius 2 is 2.11 bits per heavy atom. The Morgan fingerprint density at radius 3 is 2.61 bits per heavy atom. The quantitative estimate of drug-likeness (QED) is 0.765. The van der Waals surface area contributed by atoms with Gasteiger partial charge in [0.05, 0.1) is 39.3 Å². The van der Waals surface area contributed by atoms with E-state index in [1.165, 1.54) is 7.11 Å². The van der Waals surface area contributed by atoms with Crippen LogP contribution in [-0.2, 0) is 19.7 Å². The van der Waals surface area contributed by atoms with Crippen molar-refractivity contribution in [3.05, 3.63) is 29.3 Å². The molecule has 1 aliphatic rings. The van der Waals surface area contributed by atoms with Crippen molar-refractivity contribution in [2.75, 3.05) is 27.4 Å². The molecule has 0 spiro atoms. The Morgan fingerprint density at radius 1 is 1.39 bits per heavy atom. The van der Waals surface area contributed by atoms with E-state index >= 15 is 0 Å². The van der Waals surface area contributed by atoms with Crippen molar-refractivity contribution in [1.82, 2.24) is 0 Å². The number of ether oxygens (including phenoxy) is 3. The van der Waals surface area contributed by atoms with Gasteiger partial charge in [0.2, 0.25) is 0 Å². The molecule has 0 aromatic heterocycles. The number of hydrogen-bond donors (Lipinski definition) is 0. The smallest absolute Gasteiger partial charge is 0.306 e. The second-order valence-corrected chi connectivity index (χ2v) is 4.73. The second kappa shape index (κ2) is 4.98. The Labute approximate surface area is 107 Å². The van der Waals surface area contributed by atoms with Crippen molar-refractivity contribution < 1.29 is 19.0 Å². The third-order valence-electron chi connectivity index (χ3n) is 3.39. The van der Waals surface area contributed by atoms with Crippen LogP contribution >= 0.6 is 0 Å². The van der Waals surface area contributed by atoms with Crippen LogP contribution in [0.4, 0.5) is 0 Å². The fourth-order valence-corrected chi connectivity index (χ4v) is 2.29. The van der Waals surface area contributed by atoms with Crippen LogP contribution in [0.2, 0.25) is 0 Å². The van der Waals surface area contributed by atoms with Crippen LogP contribution in [0, 0.1) is 6.92 Å². The number of hydrogen-bond acceptors (Lipinski definition) is 4. The maximum atomic E-state index is 11.6. The van der Waals surface area contributed by atoms with Crippen molar-refractivity contribution in [2.45, 2.75) is 18.8 Å². The van der Waals surface area contributed by atoms with Gasteiger partial charge in [-0.05, 0) is 13.0 Å². The summed E-state index contributed by atoms with van der Waals surface area (Å²) >= 11 is 0. The molecule has 0 aliphatic carbocycles. The minimum absolute atomic E-state index is 0.221. The predicted octanol–water partition coefficient (Wildman–Crippen LogP) is 1.83. The topological polar surface area (TPSA) is 44.8 Å². The van der Waals surface area contributed by atoms with E-state index in [2.05, 4.69) is 6.07 Å². The molecule has 18 heavy (non-hydrogen) atoms. The number of carbonyl (C=O) groups excluding carboxylic acids is 1. The van der Waals surface area contributed by atoms with Crippen molar-refractivity contribution in [2.24, 2.45) is 0 Å². The number of methoxy groups -OCH3 is 2. The molecule has 1 aromatic carbocycles. The van der Waals surface area contributed by atoms with Gasteiger partial charge in [-0.2, -0.15) is 0 Å². The number of rotatable bonds is 4. The molecule has 1 aliphatic heterocycles. The highest BCUT2D eigenvalue weighted by Gasteiger charge is 2.44. The summed E-state index contributed by atoms with van der Waals surface area (Å²) in [4.78, 5) is 11.6. The Bertz CT molecular complexity index is 449. The zero-order valence-electron chi connectivity index (χ0n) is 11.0. The van der Waals surface area contributed by atoms with E-state index < -0.39 is 0 Å². The molecule has 4 heteroatoms. The molecule has 0 atom stereocenters. The van der Waals surface area contributed by atoms with Crippen LogP contribution in [0.15, 0.2) is 18.2 Å². The van der Waals surface area contributed by atoms with E-state index in [1.807, 2.05) is 19.1 Å². The highest BCUT2D eigenvalue weighted by Crippen LogP contribution is 2.41. The van der Waals surface area contributed by atoms with Crippen LogP contribution in [0.3, 0.4) is 0 Å². The molecule has 98 valence electrons. The summed E-state index contributed by atoms with van der Waals surface area (Å²) < 4.78 is 15.5. The standard InChI is InChI=1S/C14H18O4/c1-10-4-5-12(16-2)11(6-10)14(8-18-9-14)7-13(15)17-3/h4-6H,7-9H2,1-3H3. The third kappa shape index (κ3) is 2.20. The van der Waals surface area contributed by atoms with Crippen molar-refractivity contribution >= 4 is 5.97 Å². The largest absolute Gasteiger partial charge is 0.496 e. The molecule has 0 amide bonds. The molecule has 0 N–H and O–H groups in total. The monoisotopic (exact) mass is 250 g/mol. The number of aryl methyl sites for hydroxylation is 1. The average molecular weight is 250 g/mol. The Balaban J connectivity index is 2.37. The van der Waals surface area contributed by atoms with E-state index in [0.717, 1.165) is 16.9 Å². The van der Waals surface area contributed by atoms with Crippen LogP contribution in [0.5, 0.6) is 5.75 Å². The molecule has 0 saturated carbocycles. The van der Waals surface area contributed by atoms with Gasteiger partial charge < -0.3 is 14.2 Å². The summed E-state index contributed by atoms with van der Waals surface area (Å²) in [5.41, 5.74) is 1.87. The SMILES string of the molecule is COC(=O)CC1(c2cc(C)ccc2OC)COC1. The molecule has 4 nitrogen and oxygen atoms in total. The van der Waals surface area contributed by atoms with Gasteiger partial charge in [0.1, 0.15) is 5.75 Å². The minimum atomic E-state index is -0.301. The summed E-state index contributed by atoms with van der Waals surface area (Å²) in [5, 5.41) is 0. The molecule has 1 saturated heterocycles. The highest BCUT2D eigenvalue weighted by atomic mass is 16.5. The molecular formula is C14H18O4. The van der Waals surface area contributed by atoms with Gasteiger partial charge >= 0.3 is 5.97 Å². The van der Waals surface area contributed by atoms with Gasteiger partial charge in [0.15, 0.2) is 0 Å². The lowest BCUT2D eigenvalue weighted by Crippen LogP contribution is -2.48. The molecular weight excluding hydrogens is 232 g/mol. The molecule has 1 heterocycles. The molecule has 0 bridgehead atoms. The molecule has 0 radical (unpaired) electrons. The van der Waals surface area contributed by atoms with E-state index in [1.54, 1.807) is 7.11 Å². The highest BCUT2D eigenvalue weighted by molar-refractivity contribution is 5.72. The van der Waals surface area contributed by atoms with Gasteiger partial charge in [0.25, 0.3) is 0 Å². The lowest BCUT2D eigenvalue weighted by atomic mass is 9.75. The predicted molar refractivity (Wildman–Crippen MR) is 66.9 cm³/mol. The summed E-state index contributed by atoms with van der Waals surface area (Å²) in [5.74, 6) is 0.578. The zero-order chi connectivity index (χ0) is 13.2. The van der Waals surface area contributed by atoms with Gasteiger partial charge in [-0.1, -0.05) is 17.7 Å². The minimum Gasteiger partial charge on any atom is -0.496 e. The maximum absolute atomic E-state index is 11.6. The summed E-state index contributed by atoms with van der Waals surface area (Å²) in [6.45, 7) is 3.08. The van der Waals surface area contributed by atoms with Crippen LogP contribution in [0.25, 0.3) is 0 Å². The fourth-order valence-electron chi connectivity index (χ4n) is 2.29. The van der Waals surface area contributed by atoms with Crippen molar-refractivity contribution in [3.8, 4) is 5.75 Å². The summed E-state index contributed by atoms with van der Waals surface area (Å²) in [6, 6.07) is 5.99. The van der Waals surface area contributed by atoms with Gasteiger partial charge in [-0.15, -0.1) is 0 Å². The normalized spacial score (nSPS) is 16.8. The number of carbonyl (C=O) groups is 1. The molecule has 0 unspecified atom stereocenters. The van der Waals surface area contributed by atoms with Crippen molar-refractivity contribution in [1.29, 1.82) is 0 Å². The zero-order valence-corrected chi connectivity index (χ0v) is 11.0. The Hall–Kier alpha value is -1.55. The fraction of sp³-hybridized carbons (Fsp3) is 0.500. The van der Waals surface area contributed by atoms with Crippen molar-refractivity contribution in [3.63, 3.8) is 0 Å². The summed E-state index contributed by atoms with van der Waals surface area (Å²) in [6.07, 6.45) is 0.323.